The van der Waals surface area contributed by atoms with E-state index in [1.165, 1.54) is 47.6 Å². The molecule has 0 atom stereocenters. The predicted octanol–water partition coefficient (Wildman–Crippen LogP) is 5.72. The van der Waals surface area contributed by atoms with E-state index in [2.05, 4.69) is 46.8 Å². The number of aldehydes is 1. The van der Waals surface area contributed by atoms with E-state index < -0.39 is 0 Å². The molecule has 0 saturated carbocycles. The van der Waals surface area contributed by atoms with Gasteiger partial charge < -0.3 is 0 Å². The van der Waals surface area contributed by atoms with Crippen molar-refractivity contribution in [1.29, 1.82) is 0 Å². The zero-order valence-electron chi connectivity index (χ0n) is 14.1. The van der Waals surface area contributed by atoms with Crippen molar-refractivity contribution in [1.82, 2.24) is 0 Å². The molecule has 0 aliphatic heterocycles. The van der Waals surface area contributed by atoms with E-state index in [1.807, 2.05) is 12.2 Å². The van der Waals surface area contributed by atoms with Gasteiger partial charge in [0.2, 0.25) is 0 Å². The fourth-order valence-corrected chi connectivity index (χ4v) is 2.79. The molecule has 1 heteroatoms. The first-order chi connectivity index (χ1) is 9.88. The number of carbonyl (C=O) groups excluding carboxylic acids is 1. The van der Waals surface area contributed by atoms with Gasteiger partial charge in [-0.3, -0.25) is 4.79 Å². The van der Waals surface area contributed by atoms with Crippen LogP contribution in [0.15, 0.2) is 58.7 Å². The van der Waals surface area contributed by atoms with E-state index in [1.54, 1.807) is 6.08 Å². The molecule has 1 nitrogen and oxygen atoms in total. The molecule has 1 aliphatic carbocycles. The van der Waals surface area contributed by atoms with Gasteiger partial charge in [-0.05, 0) is 68.2 Å². The maximum Gasteiger partial charge on any atom is 0.142 e. The zero-order valence-corrected chi connectivity index (χ0v) is 14.1. The molecule has 114 valence electrons. The van der Waals surface area contributed by atoms with Crippen molar-refractivity contribution in [3.63, 3.8) is 0 Å². The van der Waals surface area contributed by atoms with Crippen molar-refractivity contribution in [3.05, 3.63) is 58.7 Å². The highest BCUT2D eigenvalue weighted by Gasteiger charge is 2.26. The molecule has 0 aromatic heterocycles. The Morgan fingerprint density at radius 1 is 1.05 bits per heavy atom. The molecular formula is C20H28O. The number of carbonyl (C=O) groups is 1. The summed E-state index contributed by atoms with van der Waals surface area (Å²) in [6.07, 6.45) is 16.3. The fraction of sp³-hybridized carbons (Fsp3) is 0.450. The van der Waals surface area contributed by atoms with Crippen LogP contribution in [0, 0.1) is 5.41 Å². The Morgan fingerprint density at radius 3 is 2.33 bits per heavy atom. The zero-order chi connectivity index (χ0) is 15.9. The van der Waals surface area contributed by atoms with Crippen molar-refractivity contribution in [2.24, 2.45) is 5.41 Å². The predicted molar refractivity (Wildman–Crippen MR) is 92.2 cm³/mol. The second-order valence-electron chi connectivity index (χ2n) is 6.51. The van der Waals surface area contributed by atoms with Crippen LogP contribution in [0.3, 0.4) is 0 Å². The van der Waals surface area contributed by atoms with Crippen LogP contribution in [-0.2, 0) is 4.79 Å². The quantitative estimate of drug-likeness (QED) is 0.358. The Bertz CT molecular complexity index is 522. The Hall–Kier alpha value is -1.63. The van der Waals surface area contributed by atoms with E-state index in [4.69, 9.17) is 0 Å². The normalized spacial score (nSPS) is 20.6. The average molecular weight is 284 g/mol. The van der Waals surface area contributed by atoms with Gasteiger partial charge in [-0.15, -0.1) is 0 Å². The van der Waals surface area contributed by atoms with Gasteiger partial charge in [0.05, 0.1) is 0 Å². The molecular weight excluding hydrogens is 256 g/mol. The average Bonchev–Trinajstić information content (AvgIpc) is 2.41. The van der Waals surface area contributed by atoms with Crippen LogP contribution in [0.4, 0.5) is 0 Å². The molecule has 0 saturated heterocycles. The summed E-state index contributed by atoms with van der Waals surface area (Å²) in [7, 11) is 0. The second kappa shape index (κ2) is 7.97. The molecule has 0 unspecified atom stereocenters. The van der Waals surface area contributed by atoms with E-state index in [0.29, 0.717) is 0 Å². The third-order valence-corrected chi connectivity index (χ3v) is 4.31. The molecule has 21 heavy (non-hydrogen) atoms. The summed E-state index contributed by atoms with van der Waals surface area (Å²) in [5, 5.41) is 0. The lowest BCUT2D eigenvalue weighted by atomic mass is 9.72. The molecule has 1 aliphatic rings. The van der Waals surface area contributed by atoms with Gasteiger partial charge in [0.25, 0.3) is 0 Å². The summed E-state index contributed by atoms with van der Waals surface area (Å²) in [6, 6.07) is 0. The minimum atomic E-state index is 0.287. The summed E-state index contributed by atoms with van der Waals surface area (Å²) >= 11 is 0. The molecule has 0 aromatic rings. The van der Waals surface area contributed by atoms with Crippen molar-refractivity contribution in [3.8, 4) is 0 Å². The lowest BCUT2D eigenvalue weighted by molar-refractivity contribution is -0.104. The van der Waals surface area contributed by atoms with Crippen LogP contribution in [-0.4, -0.2) is 6.29 Å². The highest BCUT2D eigenvalue weighted by molar-refractivity contribution is 5.65. The molecule has 0 spiro atoms. The molecule has 0 bridgehead atoms. The third kappa shape index (κ3) is 5.34. The van der Waals surface area contributed by atoms with Gasteiger partial charge in [0.1, 0.15) is 6.29 Å². The van der Waals surface area contributed by atoms with Crippen LogP contribution in [0.1, 0.15) is 53.9 Å². The largest absolute Gasteiger partial charge is 0.299 e. The van der Waals surface area contributed by atoms with Gasteiger partial charge in [0.15, 0.2) is 0 Å². The SMILES string of the molecule is CC(C=CC=CC=O)=C(C)C=CC1=C(C)CCCC1(C)C. The maximum absolute atomic E-state index is 10.2. The summed E-state index contributed by atoms with van der Waals surface area (Å²) in [4.78, 5) is 10.2. The maximum atomic E-state index is 10.2. The summed E-state index contributed by atoms with van der Waals surface area (Å²) in [6.45, 7) is 11.2. The van der Waals surface area contributed by atoms with Crippen LogP contribution >= 0.6 is 0 Å². The van der Waals surface area contributed by atoms with Crippen molar-refractivity contribution < 1.29 is 4.79 Å². The van der Waals surface area contributed by atoms with E-state index >= 15 is 0 Å². The van der Waals surface area contributed by atoms with Gasteiger partial charge in [-0.1, -0.05) is 49.8 Å². The van der Waals surface area contributed by atoms with Gasteiger partial charge >= 0.3 is 0 Å². The molecule has 0 N–H and O–H groups in total. The minimum Gasteiger partial charge on any atom is -0.299 e. The number of hydrogen-bond donors (Lipinski definition) is 0. The highest BCUT2D eigenvalue weighted by atomic mass is 16.1. The van der Waals surface area contributed by atoms with Crippen LogP contribution in [0.25, 0.3) is 0 Å². The van der Waals surface area contributed by atoms with E-state index in [0.717, 1.165) is 6.29 Å². The monoisotopic (exact) mass is 284 g/mol. The first-order valence-corrected chi connectivity index (χ1v) is 7.73. The molecule has 0 heterocycles. The second-order valence-corrected chi connectivity index (χ2v) is 6.51. The van der Waals surface area contributed by atoms with Crippen LogP contribution < -0.4 is 0 Å². The molecule has 1 rings (SSSR count). The van der Waals surface area contributed by atoms with Crippen LogP contribution in [0.2, 0.25) is 0 Å². The Morgan fingerprint density at radius 2 is 1.71 bits per heavy atom. The Balaban J connectivity index is 2.90. The minimum absolute atomic E-state index is 0.287. The van der Waals surface area contributed by atoms with Gasteiger partial charge in [-0.25, -0.2) is 0 Å². The third-order valence-electron chi connectivity index (χ3n) is 4.31. The van der Waals surface area contributed by atoms with Crippen LogP contribution in [0.5, 0.6) is 0 Å². The molecule has 0 fully saturated rings. The molecule has 0 amide bonds. The highest BCUT2D eigenvalue weighted by Crippen LogP contribution is 2.40. The number of rotatable bonds is 5. The standard InChI is InChI=1S/C20H28O/c1-16(10-7-6-8-15-21)17(2)12-13-19-18(3)11-9-14-20(19,4)5/h6-8,10,12-13,15H,9,11,14H2,1-5H3. The number of hydrogen-bond acceptors (Lipinski definition) is 1. The van der Waals surface area contributed by atoms with Gasteiger partial charge in [0, 0.05) is 0 Å². The van der Waals surface area contributed by atoms with Crippen molar-refractivity contribution in [2.75, 3.05) is 0 Å². The Kier molecular flexibility index (Phi) is 6.61. The van der Waals surface area contributed by atoms with E-state index in [-0.39, 0.29) is 5.41 Å². The lowest BCUT2D eigenvalue weighted by Crippen LogP contribution is -2.19. The first-order valence-electron chi connectivity index (χ1n) is 7.73. The Labute approximate surface area is 129 Å². The molecule has 0 radical (unpaired) electrons. The molecule has 0 aromatic carbocycles. The van der Waals surface area contributed by atoms with Gasteiger partial charge in [-0.2, -0.15) is 0 Å². The fourth-order valence-electron chi connectivity index (χ4n) is 2.79. The van der Waals surface area contributed by atoms with Crippen molar-refractivity contribution >= 4 is 6.29 Å². The summed E-state index contributed by atoms with van der Waals surface area (Å²) in [5.41, 5.74) is 5.78. The lowest BCUT2D eigenvalue weighted by Gasteiger charge is -2.33. The number of allylic oxidation sites excluding steroid dienone is 10. The van der Waals surface area contributed by atoms with Crippen molar-refractivity contribution in [2.45, 2.75) is 53.9 Å². The summed E-state index contributed by atoms with van der Waals surface area (Å²) < 4.78 is 0. The first kappa shape index (κ1) is 17.4. The smallest absolute Gasteiger partial charge is 0.142 e. The van der Waals surface area contributed by atoms with E-state index in [9.17, 15) is 4.79 Å². The summed E-state index contributed by atoms with van der Waals surface area (Å²) in [5.74, 6) is 0. The topological polar surface area (TPSA) is 17.1 Å².